The van der Waals surface area contributed by atoms with E-state index < -0.39 is 0 Å². The molecule has 1 saturated heterocycles. The molecule has 0 spiro atoms. The number of thiazole rings is 1. The van der Waals surface area contributed by atoms with Gasteiger partial charge in [0.25, 0.3) is 0 Å². The van der Waals surface area contributed by atoms with Crippen molar-refractivity contribution in [3.63, 3.8) is 0 Å². The summed E-state index contributed by atoms with van der Waals surface area (Å²) < 4.78 is 5.66. The van der Waals surface area contributed by atoms with Crippen LogP contribution in [-0.4, -0.2) is 37.3 Å². The second-order valence-electron chi connectivity index (χ2n) is 5.04. The van der Waals surface area contributed by atoms with E-state index in [0.717, 1.165) is 37.7 Å². The Balaban J connectivity index is 2.12. The predicted octanol–water partition coefficient (Wildman–Crippen LogP) is 2.43. The van der Waals surface area contributed by atoms with E-state index in [9.17, 15) is 0 Å². The van der Waals surface area contributed by atoms with Crippen LogP contribution >= 0.6 is 11.3 Å². The van der Waals surface area contributed by atoms with Gasteiger partial charge >= 0.3 is 0 Å². The topological polar surface area (TPSA) is 37.4 Å². The third kappa shape index (κ3) is 3.27. The summed E-state index contributed by atoms with van der Waals surface area (Å²) in [5.74, 6) is 0. The molecule has 0 amide bonds. The van der Waals surface area contributed by atoms with Gasteiger partial charge in [-0.2, -0.15) is 0 Å². The first-order valence-electron chi connectivity index (χ1n) is 7.21. The molecule has 1 aromatic rings. The molecule has 4 nitrogen and oxygen atoms in total. The molecule has 1 aliphatic rings. The van der Waals surface area contributed by atoms with Crippen LogP contribution in [0.3, 0.4) is 0 Å². The van der Waals surface area contributed by atoms with Crippen molar-refractivity contribution in [3.8, 4) is 0 Å². The zero-order valence-electron chi connectivity index (χ0n) is 12.4. The Morgan fingerprint density at radius 2 is 2.26 bits per heavy atom. The maximum absolute atomic E-state index is 5.66. The second kappa shape index (κ2) is 6.68. The van der Waals surface area contributed by atoms with E-state index in [2.05, 4.69) is 38.0 Å². The van der Waals surface area contributed by atoms with Crippen molar-refractivity contribution in [1.29, 1.82) is 0 Å². The zero-order valence-corrected chi connectivity index (χ0v) is 13.2. The molecule has 0 radical (unpaired) electrons. The largest absolute Gasteiger partial charge is 0.376 e. The molecule has 0 bridgehead atoms. The smallest absolute Gasteiger partial charge is 0.185 e. The van der Waals surface area contributed by atoms with Crippen molar-refractivity contribution >= 4 is 16.5 Å². The summed E-state index contributed by atoms with van der Waals surface area (Å²) in [6.45, 7) is 9.27. The number of rotatable bonds is 6. The standard InChI is InChI=1S/C14H25N3OS/c1-5-11-13(9-15-6-2)19-14(16-11)17(4)12-7-8-18-10(12)3/h10,12,15H,5-9H2,1-4H3. The molecular formula is C14H25N3OS. The highest BCUT2D eigenvalue weighted by Gasteiger charge is 2.29. The Morgan fingerprint density at radius 1 is 1.47 bits per heavy atom. The first-order chi connectivity index (χ1) is 9.17. The van der Waals surface area contributed by atoms with E-state index in [4.69, 9.17) is 9.72 Å². The van der Waals surface area contributed by atoms with E-state index in [0.29, 0.717) is 12.1 Å². The molecule has 1 N–H and O–H groups in total. The third-order valence-corrected chi connectivity index (χ3v) is 4.96. The van der Waals surface area contributed by atoms with Crippen molar-refractivity contribution in [2.24, 2.45) is 0 Å². The van der Waals surface area contributed by atoms with E-state index >= 15 is 0 Å². The molecule has 0 aliphatic carbocycles. The van der Waals surface area contributed by atoms with Gasteiger partial charge in [0, 0.05) is 25.1 Å². The molecule has 1 fully saturated rings. The lowest BCUT2D eigenvalue weighted by Crippen LogP contribution is -2.36. The van der Waals surface area contributed by atoms with Gasteiger partial charge in [-0.1, -0.05) is 13.8 Å². The minimum absolute atomic E-state index is 0.302. The van der Waals surface area contributed by atoms with Crippen molar-refractivity contribution in [1.82, 2.24) is 10.3 Å². The van der Waals surface area contributed by atoms with Crippen LogP contribution < -0.4 is 10.2 Å². The zero-order chi connectivity index (χ0) is 13.8. The molecule has 5 heteroatoms. The second-order valence-corrected chi connectivity index (χ2v) is 6.11. The van der Waals surface area contributed by atoms with Gasteiger partial charge in [0.2, 0.25) is 0 Å². The molecule has 2 atom stereocenters. The minimum Gasteiger partial charge on any atom is -0.376 e. The Bertz CT molecular complexity index is 407. The highest BCUT2D eigenvalue weighted by atomic mass is 32.1. The van der Waals surface area contributed by atoms with Crippen LogP contribution in [0.5, 0.6) is 0 Å². The summed E-state index contributed by atoms with van der Waals surface area (Å²) >= 11 is 1.82. The quantitative estimate of drug-likeness (QED) is 0.870. The van der Waals surface area contributed by atoms with E-state index in [1.54, 1.807) is 0 Å². The van der Waals surface area contributed by atoms with Crippen LogP contribution in [0.2, 0.25) is 0 Å². The van der Waals surface area contributed by atoms with Gasteiger partial charge in [-0.3, -0.25) is 0 Å². The molecule has 2 unspecified atom stereocenters. The number of aryl methyl sites for hydroxylation is 1. The van der Waals surface area contributed by atoms with E-state index in [1.807, 2.05) is 11.3 Å². The van der Waals surface area contributed by atoms with Crippen molar-refractivity contribution in [2.45, 2.75) is 52.3 Å². The summed E-state index contributed by atoms with van der Waals surface area (Å²) in [6.07, 6.45) is 2.40. The van der Waals surface area contributed by atoms with Gasteiger partial charge < -0.3 is 15.0 Å². The highest BCUT2D eigenvalue weighted by molar-refractivity contribution is 7.15. The van der Waals surface area contributed by atoms with Gasteiger partial charge in [-0.15, -0.1) is 11.3 Å². The summed E-state index contributed by atoms with van der Waals surface area (Å²) in [4.78, 5) is 8.48. The molecule has 108 valence electrons. The van der Waals surface area contributed by atoms with Gasteiger partial charge in [0.05, 0.1) is 17.8 Å². The molecule has 0 aromatic carbocycles. The third-order valence-electron chi connectivity index (χ3n) is 3.77. The number of hydrogen-bond donors (Lipinski definition) is 1. The van der Waals surface area contributed by atoms with Crippen LogP contribution in [0.25, 0.3) is 0 Å². The monoisotopic (exact) mass is 283 g/mol. The lowest BCUT2D eigenvalue weighted by molar-refractivity contribution is 0.118. The number of aromatic nitrogens is 1. The van der Waals surface area contributed by atoms with E-state index in [1.165, 1.54) is 10.6 Å². The Hall–Kier alpha value is -0.650. The van der Waals surface area contributed by atoms with Gasteiger partial charge in [-0.05, 0) is 26.3 Å². The number of nitrogens with one attached hydrogen (secondary N) is 1. The van der Waals surface area contributed by atoms with Crippen LogP contribution in [0.1, 0.15) is 37.8 Å². The van der Waals surface area contributed by atoms with Crippen LogP contribution in [-0.2, 0) is 17.7 Å². The molecule has 1 aromatic heterocycles. The predicted molar refractivity (Wildman–Crippen MR) is 81.1 cm³/mol. The van der Waals surface area contributed by atoms with Crippen molar-refractivity contribution < 1.29 is 4.74 Å². The van der Waals surface area contributed by atoms with Crippen LogP contribution in [0.4, 0.5) is 5.13 Å². The Morgan fingerprint density at radius 3 is 2.84 bits per heavy atom. The van der Waals surface area contributed by atoms with Crippen LogP contribution in [0, 0.1) is 0 Å². The average Bonchev–Trinajstić information content (AvgIpc) is 3.01. The minimum atomic E-state index is 0.302. The fourth-order valence-corrected chi connectivity index (χ4v) is 3.68. The number of hydrogen-bond acceptors (Lipinski definition) is 5. The van der Waals surface area contributed by atoms with Crippen molar-refractivity contribution in [2.75, 3.05) is 25.1 Å². The normalized spacial score (nSPS) is 22.9. The summed E-state index contributed by atoms with van der Waals surface area (Å²) in [6, 6.07) is 0.461. The van der Waals surface area contributed by atoms with Gasteiger partial charge in [-0.25, -0.2) is 4.98 Å². The molecule has 2 rings (SSSR count). The molecule has 19 heavy (non-hydrogen) atoms. The lowest BCUT2D eigenvalue weighted by atomic mass is 10.1. The number of ether oxygens (including phenoxy) is 1. The summed E-state index contributed by atoms with van der Waals surface area (Å²) in [5, 5.41) is 4.53. The van der Waals surface area contributed by atoms with Gasteiger partial charge in [0.15, 0.2) is 5.13 Å². The lowest BCUT2D eigenvalue weighted by Gasteiger charge is -2.26. The first kappa shape index (κ1) is 14.8. The summed E-state index contributed by atoms with van der Waals surface area (Å²) in [7, 11) is 2.14. The average molecular weight is 283 g/mol. The Labute approximate surface area is 120 Å². The van der Waals surface area contributed by atoms with Crippen LogP contribution in [0.15, 0.2) is 0 Å². The van der Waals surface area contributed by atoms with E-state index in [-0.39, 0.29) is 0 Å². The number of anilines is 1. The summed E-state index contributed by atoms with van der Waals surface area (Å²) in [5.41, 5.74) is 1.24. The fourth-order valence-electron chi connectivity index (χ4n) is 2.54. The molecule has 0 saturated carbocycles. The number of nitrogens with zero attached hydrogens (tertiary/aromatic N) is 2. The highest BCUT2D eigenvalue weighted by Crippen LogP contribution is 2.30. The number of likely N-dealkylation sites (N-methyl/N-ethyl adjacent to an activating group) is 1. The molecule has 1 aliphatic heterocycles. The van der Waals surface area contributed by atoms with Crippen molar-refractivity contribution in [3.05, 3.63) is 10.6 Å². The SMILES string of the molecule is CCNCc1sc(N(C)C2CCOC2C)nc1CC. The fraction of sp³-hybridized carbons (Fsp3) is 0.786. The maximum atomic E-state index is 5.66. The van der Waals surface area contributed by atoms with Gasteiger partial charge in [0.1, 0.15) is 0 Å². The molecule has 2 heterocycles. The first-order valence-corrected chi connectivity index (χ1v) is 8.02. The molecular weight excluding hydrogens is 258 g/mol. The Kier molecular flexibility index (Phi) is 5.19. The maximum Gasteiger partial charge on any atom is 0.185 e.